The minimum atomic E-state index is -0.438. The third-order valence-electron chi connectivity index (χ3n) is 2.85. The number of nitrogens with two attached hydrogens (primary N) is 1. The molecule has 0 aliphatic heterocycles. The standard InChI is InChI=1S/C14H19NO4/c1-2-18-14(16)12-7-11(15)5-6-13(12)19-9-17-8-10-3-4-10/h5-7,10H,2-4,8-9,15H2,1H3. The van der Waals surface area contributed by atoms with Crippen LogP contribution >= 0.6 is 0 Å². The van der Waals surface area contributed by atoms with Gasteiger partial charge in [-0.3, -0.25) is 0 Å². The van der Waals surface area contributed by atoms with Crippen LogP contribution in [0.3, 0.4) is 0 Å². The second-order valence-electron chi connectivity index (χ2n) is 4.55. The maximum atomic E-state index is 11.8. The lowest BCUT2D eigenvalue weighted by Gasteiger charge is -2.11. The van der Waals surface area contributed by atoms with Crippen molar-refractivity contribution < 1.29 is 19.0 Å². The number of rotatable bonds is 7. The van der Waals surface area contributed by atoms with Gasteiger partial charge in [0, 0.05) is 5.69 Å². The summed E-state index contributed by atoms with van der Waals surface area (Å²) < 4.78 is 15.8. The molecule has 5 heteroatoms. The van der Waals surface area contributed by atoms with Crippen molar-refractivity contribution in [3.05, 3.63) is 23.8 Å². The van der Waals surface area contributed by atoms with Crippen molar-refractivity contribution >= 4 is 11.7 Å². The minimum absolute atomic E-state index is 0.132. The summed E-state index contributed by atoms with van der Waals surface area (Å²) in [5.41, 5.74) is 6.49. The molecule has 2 rings (SSSR count). The van der Waals surface area contributed by atoms with Gasteiger partial charge in [-0.05, 0) is 43.9 Å². The fourth-order valence-corrected chi connectivity index (χ4v) is 1.65. The van der Waals surface area contributed by atoms with Crippen molar-refractivity contribution in [1.82, 2.24) is 0 Å². The summed E-state index contributed by atoms with van der Waals surface area (Å²) in [5.74, 6) is 0.676. The Hall–Kier alpha value is -1.75. The number of carbonyl (C=O) groups is 1. The molecule has 1 aromatic rings. The van der Waals surface area contributed by atoms with Crippen molar-refractivity contribution in [1.29, 1.82) is 0 Å². The maximum absolute atomic E-state index is 11.8. The zero-order valence-electron chi connectivity index (χ0n) is 11.1. The van der Waals surface area contributed by atoms with E-state index in [1.54, 1.807) is 25.1 Å². The Kier molecular flexibility index (Phi) is 4.63. The van der Waals surface area contributed by atoms with E-state index in [4.69, 9.17) is 19.9 Å². The fourth-order valence-electron chi connectivity index (χ4n) is 1.65. The molecule has 0 aromatic heterocycles. The molecular formula is C14H19NO4. The second kappa shape index (κ2) is 6.43. The zero-order chi connectivity index (χ0) is 13.7. The summed E-state index contributed by atoms with van der Waals surface area (Å²) in [6.07, 6.45) is 2.46. The topological polar surface area (TPSA) is 70.8 Å². The van der Waals surface area contributed by atoms with Gasteiger partial charge in [0.25, 0.3) is 0 Å². The smallest absolute Gasteiger partial charge is 0.341 e. The lowest BCUT2D eigenvalue weighted by atomic mass is 10.2. The van der Waals surface area contributed by atoms with Crippen molar-refractivity contribution in [2.24, 2.45) is 5.92 Å². The van der Waals surface area contributed by atoms with Gasteiger partial charge in [-0.25, -0.2) is 4.79 Å². The van der Waals surface area contributed by atoms with E-state index in [2.05, 4.69) is 0 Å². The molecule has 19 heavy (non-hydrogen) atoms. The largest absolute Gasteiger partial charge is 0.467 e. The van der Waals surface area contributed by atoms with E-state index in [-0.39, 0.29) is 6.79 Å². The number of hydrogen-bond acceptors (Lipinski definition) is 5. The molecule has 1 saturated carbocycles. The number of anilines is 1. The Morgan fingerprint density at radius 2 is 2.21 bits per heavy atom. The lowest BCUT2D eigenvalue weighted by molar-refractivity contribution is 0.00882. The van der Waals surface area contributed by atoms with E-state index in [0.717, 1.165) is 0 Å². The van der Waals surface area contributed by atoms with Crippen LogP contribution in [0.15, 0.2) is 18.2 Å². The molecule has 1 fully saturated rings. The molecule has 0 spiro atoms. The summed E-state index contributed by atoms with van der Waals surface area (Å²) in [5, 5.41) is 0. The first kappa shape index (κ1) is 13.7. The molecule has 0 atom stereocenters. The summed E-state index contributed by atoms with van der Waals surface area (Å²) in [4.78, 5) is 11.8. The minimum Gasteiger partial charge on any atom is -0.467 e. The first-order valence-corrected chi connectivity index (χ1v) is 6.48. The number of hydrogen-bond donors (Lipinski definition) is 1. The van der Waals surface area contributed by atoms with Crippen LogP contribution in [0.4, 0.5) is 5.69 Å². The molecule has 1 aromatic carbocycles. The zero-order valence-corrected chi connectivity index (χ0v) is 11.1. The van der Waals surface area contributed by atoms with Crippen LogP contribution in [0.25, 0.3) is 0 Å². The molecule has 5 nitrogen and oxygen atoms in total. The van der Waals surface area contributed by atoms with E-state index in [1.165, 1.54) is 12.8 Å². The van der Waals surface area contributed by atoms with Gasteiger partial charge in [-0.15, -0.1) is 0 Å². The van der Waals surface area contributed by atoms with E-state index in [1.807, 2.05) is 0 Å². The molecule has 0 heterocycles. The number of ether oxygens (including phenoxy) is 3. The van der Waals surface area contributed by atoms with Gasteiger partial charge >= 0.3 is 5.97 Å². The molecule has 1 aliphatic rings. The van der Waals surface area contributed by atoms with Gasteiger partial charge in [0.1, 0.15) is 11.3 Å². The van der Waals surface area contributed by atoms with E-state index >= 15 is 0 Å². The van der Waals surface area contributed by atoms with Gasteiger partial charge in [-0.1, -0.05) is 0 Å². The first-order chi connectivity index (χ1) is 9.20. The summed E-state index contributed by atoms with van der Waals surface area (Å²) in [7, 11) is 0. The highest BCUT2D eigenvalue weighted by Crippen LogP contribution is 2.29. The highest BCUT2D eigenvalue weighted by molar-refractivity contribution is 5.93. The van der Waals surface area contributed by atoms with Crippen LogP contribution < -0.4 is 10.5 Å². The fraction of sp³-hybridized carbons (Fsp3) is 0.500. The number of nitrogen functional groups attached to an aromatic ring is 1. The molecule has 0 amide bonds. The van der Waals surface area contributed by atoms with Crippen LogP contribution in [-0.4, -0.2) is 26.0 Å². The molecule has 1 aliphatic carbocycles. The number of esters is 1. The van der Waals surface area contributed by atoms with Crippen LogP contribution in [0.5, 0.6) is 5.75 Å². The third-order valence-corrected chi connectivity index (χ3v) is 2.85. The normalized spacial score (nSPS) is 14.2. The Bertz CT molecular complexity index is 443. The van der Waals surface area contributed by atoms with E-state index in [9.17, 15) is 4.79 Å². The van der Waals surface area contributed by atoms with E-state index in [0.29, 0.717) is 36.1 Å². The van der Waals surface area contributed by atoms with Crippen LogP contribution in [-0.2, 0) is 9.47 Å². The van der Waals surface area contributed by atoms with Gasteiger partial charge in [0.2, 0.25) is 0 Å². The molecule has 2 N–H and O–H groups in total. The van der Waals surface area contributed by atoms with E-state index < -0.39 is 5.97 Å². The van der Waals surface area contributed by atoms with Gasteiger partial charge in [0.15, 0.2) is 6.79 Å². The number of benzene rings is 1. The predicted octanol–water partition coefficient (Wildman–Crippen LogP) is 2.21. The predicted molar refractivity (Wildman–Crippen MR) is 71.0 cm³/mol. The van der Waals surface area contributed by atoms with Crippen LogP contribution in [0, 0.1) is 5.92 Å². The monoisotopic (exact) mass is 265 g/mol. The van der Waals surface area contributed by atoms with Crippen LogP contribution in [0.1, 0.15) is 30.1 Å². The van der Waals surface area contributed by atoms with Crippen molar-refractivity contribution in [3.8, 4) is 5.75 Å². The molecular weight excluding hydrogens is 246 g/mol. The van der Waals surface area contributed by atoms with Gasteiger partial charge in [0.05, 0.1) is 13.2 Å². The highest BCUT2D eigenvalue weighted by Gasteiger charge is 2.21. The average molecular weight is 265 g/mol. The SMILES string of the molecule is CCOC(=O)c1cc(N)ccc1OCOCC1CC1. The molecule has 104 valence electrons. The quantitative estimate of drug-likeness (QED) is 0.354. The molecule has 0 saturated heterocycles. The highest BCUT2D eigenvalue weighted by atomic mass is 16.7. The summed E-state index contributed by atoms with van der Waals surface area (Å²) in [6.45, 7) is 2.91. The Balaban J connectivity index is 1.94. The Morgan fingerprint density at radius 3 is 2.89 bits per heavy atom. The van der Waals surface area contributed by atoms with Gasteiger partial charge in [-0.2, -0.15) is 0 Å². The van der Waals surface area contributed by atoms with Gasteiger partial charge < -0.3 is 19.9 Å². The lowest BCUT2D eigenvalue weighted by Crippen LogP contribution is -2.11. The molecule has 0 unspecified atom stereocenters. The summed E-state index contributed by atoms with van der Waals surface area (Å²) in [6, 6.07) is 4.88. The average Bonchev–Trinajstić information content (AvgIpc) is 3.20. The van der Waals surface area contributed by atoms with Crippen molar-refractivity contribution in [3.63, 3.8) is 0 Å². The number of carbonyl (C=O) groups excluding carboxylic acids is 1. The molecule has 0 radical (unpaired) electrons. The Labute approximate surface area is 112 Å². The maximum Gasteiger partial charge on any atom is 0.341 e. The van der Waals surface area contributed by atoms with Crippen LogP contribution in [0.2, 0.25) is 0 Å². The molecule has 0 bridgehead atoms. The Morgan fingerprint density at radius 1 is 1.42 bits per heavy atom. The third kappa shape index (κ3) is 4.13. The first-order valence-electron chi connectivity index (χ1n) is 6.48. The van der Waals surface area contributed by atoms with Crippen molar-refractivity contribution in [2.45, 2.75) is 19.8 Å². The second-order valence-corrected chi connectivity index (χ2v) is 4.55. The summed E-state index contributed by atoms with van der Waals surface area (Å²) >= 11 is 0. The van der Waals surface area contributed by atoms with Crippen molar-refractivity contribution in [2.75, 3.05) is 25.7 Å².